The number of rotatable bonds is 5. The molecule has 1 N–H and O–H groups in total. The van der Waals surface area contributed by atoms with Crippen LogP contribution < -0.4 is 10.2 Å². The highest BCUT2D eigenvalue weighted by Gasteiger charge is 2.44. The minimum Gasteiger partial charge on any atom is -0.477 e. The van der Waals surface area contributed by atoms with Crippen molar-refractivity contribution in [2.75, 3.05) is 13.7 Å². The molecule has 0 spiro atoms. The number of hydrazine groups is 1. The van der Waals surface area contributed by atoms with E-state index in [4.69, 9.17) is 4.74 Å². The van der Waals surface area contributed by atoms with Crippen LogP contribution in [0.1, 0.15) is 12.2 Å². The molecule has 24 heavy (non-hydrogen) atoms. The van der Waals surface area contributed by atoms with Crippen molar-refractivity contribution in [1.29, 1.82) is 0 Å². The van der Waals surface area contributed by atoms with E-state index in [-0.39, 0.29) is 0 Å². The first-order chi connectivity index (χ1) is 11.6. The molecule has 4 rings (SSSR count). The van der Waals surface area contributed by atoms with Gasteiger partial charge in [-0.1, -0.05) is 0 Å². The van der Waals surface area contributed by atoms with Crippen molar-refractivity contribution in [3.05, 3.63) is 36.7 Å². The summed E-state index contributed by atoms with van der Waals surface area (Å²) < 4.78 is 7.84. The molecule has 0 saturated heterocycles. The van der Waals surface area contributed by atoms with Gasteiger partial charge in [-0.25, -0.2) is 10.4 Å². The lowest BCUT2D eigenvalue weighted by atomic mass is 10.1. The van der Waals surface area contributed by atoms with Crippen molar-refractivity contribution in [2.45, 2.75) is 19.4 Å². The van der Waals surface area contributed by atoms with Gasteiger partial charge in [-0.3, -0.25) is 4.68 Å². The molecule has 2 aromatic heterocycles. The summed E-state index contributed by atoms with van der Waals surface area (Å²) in [4.78, 5) is 8.79. The van der Waals surface area contributed by atoms with E-state index in [1.54, 1.807) is 4.68 Å². The van der Waals surface area contributed by atoms with Gasteiger partial charge < -0.3 is 9.75 Å². The summed E-state index contributed by atoms with van der Waals surface area (Å²) in [6, 6.07) is 0.425. The second kappa shape index (κ2) is 5.90. The van der Waals surface area contributed by atoms with Crippen molar-refractivity contribution in [3.8, 4) is 17.0 Å². The molecule has 1 saturated carbocycles. The molecule has 0 radical (unpaired) electrons. The highest BCUT2D eigenvalue weighted by molar-refractivity contribution is 5.66. The summed E-state index contributed by atoms with van der Waals surface area (Å²) >= 11 is 0. The lowest BCUT2D eigenvalue weighted by Gasteiger charge is -2.15. The maximum absolute atomic E-state index is 6.07. The van der Waals surface area contributed by atoms with Gasteiger partial charge in [0, 0.05) is 44.3 Å². The van der Waals surface area contributed by atoms with E-state index in [1.165, 1.54) is 6.42 Å². The summed E-state index contributed by atoms with van der Waals surface area (Å²) in [6.45, 7) is 2.56. The first-order valence-electron chi connectivity index (χ1n) is 8.23. The Morgan fingerprint density at radius 2 is 2.21 bits per heavy atom. The van der Waals surface area contributed by atoms with Gasteiger partial charge in [0.1, 0.15) is 5.82 Å². The number of aryl methyl sites for hydroxylation is 2. The van der Waals surface area contributed by atoms with Crippen molar-refractivity contribution in [2.24, 2.45) is 18.9 Å². The molecule has 1 unspecified atom stereocenters. The lowest BCUT2D eigenvalue weighted by Crippen LogP contribution is -2.34. The second-order valence-corrected chi connectivity index (χ2v) is 6.62. The molecule has 0 amide bonds. The third-order valence-electron chi connectivity index (χ3n) is 4.63. The minimum atomic E-state index is 0.425. The van der Waals surface area contributed by atoms with Gasteiger partial charge in [0.25, 0.3) is 0 Å². The van der Waals surface area contributed by atoms with Crippen LogP contribution in [-0.2, 0) is 7.05 Å². The molecule has 0 bridgehead atoms. The third kappa shape index (κ3) is 2.99. The smallest absolute Gasteiger partial charge is 0.224 e. The van der Waals surface area contributed by atoms with E-state index in [9.17, 15) is 0 Å². The van der Waals surface area contributed by atoms with Crippen LogP contribution in [0.5, 0.6) is 5.88 Å². The summed E-state index contributed by atoms with van der Waals surface area (Å²) in [5.41, 5.74) is 5.29. The van der Waals surface area contributed by atoms with Crippen molar-refractivity contribution < 1.29 is 4.74 Å². The molecule has 126 valence electrons. The van der Waals surface area contributed by atoms with Crippen LogP contribution in [0, 0.1) is 18.8 Å². The molecular formula is C17H22N6O. The average molecular weight is 326 g/mol. The summed E-state index contributed by atoms with van der Waals surface area (Å²) in [5.74, 6) is 2.56. The van der Waals surface area contributed by atoms with Crippen LogP contribution in [0.2, 0.25) is 0 Å². The normalized spacial score (nSPS) is 25.3. The van der Waals surface area contributed by atoms with Gasteiger partial charge in [0.2, 0.25) is 5.88 Å². The Morgan fingerprint density at radius 1 is 1.33 bits per heavy atom. The molecule has 1 aliphatic carbocycles. The minimum absolute atomic E-state index is 0.425. The van der Waals surface area contributed by atoms with Crippen LogP contribution in [0.15, 0.2) is 30.9 Å². The van der Waals surface area contributed by atoms with Gasteiger partial charge in [-0.15, -0.1) is 0 Å². The Balaban J connectivity index is 1.43. The largest absolute Gasteiger partial charge is 0.477 e. The van der Waals surface area contributed by atoms with Gasteiger partial charge in [-0.05, 0) is 31.3 Å². The third-order valence-corrected chi connectivity index (χ3v) is 4.63. The molecule has 1 fully saturated rings. The van der Waals surface area contributed by atoms with Crippen molar-refractivity contribution >= 4 is 0 Å². The molecule has 2 aliphatic rings. The SMILES string of the molecule is Cc1ncc(-c2cnn(C)c2)c(OC[C@H]2C[C@@H]2C2C=CN(C)N2)n1. The molecule has 1 aliphatic heterocycles. The number of nitrogens with one attached hydrogen (secondary N) is 1. The maximum atomic E-state index is 6.07. The zero-order valence-corrected chi connectivity index (χ0v) is 14.2. The van der Waals surface area contributed by atoms with E-state index in [1.807, 2.05) is 44.6 Å². The van der Waals surface area contributed by atoms with E-state index in [0.29, 0.717) is 36.2 Å². The summed E-state index contributed by atoms with van der Waals surface area (Å²) in [5, 5.41) is 6.23. The average Bonchev–Trinajstić information content (AvgIpc) is 2.99. The quantitative estimate of drug-likeness (QED) is 0.899. The molecule has 7 nitrogen and oxygen atoms in total. The van der Waals surface area contributed by atoms with Crippen molar-refractivity contribution in [3.63, 3.8) is 0 Å². The first kappa shape index (κ1) is 15.1. The zero-order valence-electron chi connectivity index (χ0n) is 14.2. The molecule has 7 heteroatoms. The summed E-state index contributed by atoms with van der Waals surface area (Å²) in [7, 11) is 3.92. The number of nitrogens with zero attached hydrogens (tertiary/aromatic N) is 5. The number of hydrogen-bond donors (Lipinski definition) is 1. The highest BCUT2D eigenvalue weighted by atomic mass is 16.5. The van der Waals surface area contributed by atoms with Crippen LogP contribution in [0.3, 0.4) is 0 Å². The number of aromatic nitrogens is 4. The molecule has 0 aromatic carbocycles. The summed E-state index contributed by atoms with van der Waals surface area (Å²) in [6.07, 6.45) is 11.1. The van der Waals surface area contributed by atoms with Crippen molar-refractivity contribution in [1.82, 2.24) is 30.2 Å². The van der Waals surface area contributed by atoms with Crippen LogP contribution in [0.4, 0.5) is 0 Å². The predicted octanol–water partition coefficient (Wildman–Crippen LogP) is 1.53. The molecular weight excluding hydrogens is 304 g/mol. The van der Waals surface area contributed by atoms with E-state index in [0.717, 1.165) is 11.1 Å². The van der Waals surface area contributed by atoms with E-state index < -0.39 is 0 Å². The number of ether oxygens (including phenoxy) is 1. The Kier molecular flexibility index (Phi) is 3.72. The molecule has 3 heterocycles. The van der Waals surface area contributed by atoms with Crippen LogP contribution >= 0.6 is 0 Å². The Hall–Kier alpha value is -2.41. The lowest BCUT2D eigenvalue weighted by molar-refractivity contribution is 0.264. The van der Waals surface area contributed by atoms with Gasteiger partial charge in [-0.2, -0.15) is 10.1 Å². The van der Waals surface area contributed by atoms with Crippen LogP contribution in [-0.4, -0.2) is 44.5 Å². The topological polar surface area (TPSA) is 68.1 Å². The first-order valence-corrected chi connectivity index (χ1v) is 8.23. The monoisotopic (exact) mass is 326 g/mol. The van der Waals surface area contributed by atoms with Gasteiger partial charge in [0.15, 0.2) is 0 Å². The van der Waals surface area contributed by atoms with Gasteiger partial charge >= 0.3 is 0 Å². The standard InChI is InChI=1S/C17H22N6O/c1-11-18-8-15(13-7-19-23(3)9-13)17(20-11)24-10-12-6-14(12)16-4-5-22(2)21-16/h4-5,7-9,12,14,16,21H,6,10H2,1-3H3/t12-,14+,16?/m1/s1. The fourth-order valence-corrected chi connectivity index (χ4v) is 3.19. The fraction of sp³-hybridized carbons (Fsp3) is 0.471. The van der Waals surface area contributed by atoms with Gasteiger partial charge in [0.05, 0.1) is 18.4 Å². The predicted molar refractivity (Wildman–Crippen MR) is 89.9 cm³/mol. The molecule has 2 aromatic rings. The Bertz CT molecular complexity index is 770. The zero-order chi connectivity index (χ0) is 16.7. The Labute approximate surface area is 141 Å². The highest BCUT2D eigenvalue weighted by Crippen LogP contribution is 2.43. The fourth-order valence-electron chi connectivity index (χ4n) is 3.19. The van der Waals surface area contributed by atoms with E-state index in [2.05, 4.69) is 32.8 Å². The van der Waals surface area contributed by atoms with E-state index >= 15 is 0 Å². The molecule has 3 atom stereocenters. The second-order valence-electron chi connectivity index (χ2n) is 6.62. The maximum Gasteiger partial charge on any atom is 0.224 e. The Morgan fingerprint density at radius 3 is 2.92 bits per heavy atom. The number of hydrogen-bond acceptors (Lipinski definition) is 6. The van der Waals surface area contributed by atoms with Crippen LogP contribution in [0.25, 0.3) is 11.1 Å².